The maximum Gasteiger partial charge on any atom is 0.322 e. The molecule has 5 heteroatoms. The lowest BCUT2D eigenvalue weighted by Gasteiger charge is -2.38. The van der Waals surface area contributed by atoms with Crippen LogP contribution in [-0.2, 0) is 19.0 Å². The molecule has 2 rings (SSSR count). The Morgan fingerprint density at radius 3 is 2.85 bits per heavy atom. The van der Waals surface area contributed by atoms with Gasteiger partial charge in [-0.2, -0.15) is 0 Å². The van der Waals surface area contributed by atoms with E-state index in [4.69, 9.17) is 14.2 Å². The van der Waals surface area contributed by atoms with Crippen LogP contribution in [0.5, 0.6) is 0 Å². The summed E-state index contributed by atoms with van der Waals surface area (Å²) in [5.41, 5.74) is -0.131. The van der Waals surface area contributed by atoms with Gasteiger partial charge in [0.2, 0.25) is 0 Å². The van der Waals surface area contributed by atoms with Crippen LogP contribution in [0, 0.1) is 5.92 Å². The lowest BCUT2D eigenvalue weighted by molar-refractivity contribution is -0.144. The van der Waals surface area contributed by atoms with Crippen LogP contribution in [0.3, 0.4) is 0 Å². The zero-order chi connectivity index (χ0) is 14.6. The molecule has 2 fully saturated rings. The van der Waals surface area contributed by atoms with E-state index in [-0.39, 0.29) is 17.6 Å². The molecule has 0 radical (unpaired) electrons. The van der Waals surface area contributed by atoms with Gasteiger partial charge in [-0.25, -0.2) is 0 Å². The van der Waals surface area contributed by atoms with Crippen molar-refractivity contribution in [2.75, 3.05) is 26.9 Å². The number of carbonyl (C=O) groups excluding carboxylic acids is 1. The number of hydrogen-bond acceptors (Lipinski definition) is 5. The lowest BCUT2D eigenvalue weighted by atomic mass is 9.89. The average molecular weight is 285 g/mol. The third-order valence-corrected chi connectivity index (χ3v) is 4.19. The quantitative estimate of drug-likeness (QED) is 0.776. The molecule has 0 amide bonds. The molecule has 2 aliphatic heterocycles. The second-order valence-electron chi connectivity index (χ2n) is 6.40. The van der Waals surface area contributed by atoms with Crippen molar-refractivity contribution < 1.29 is 19.0 Å². The molecule has 1 spiro atoms. The predicted molar refractivity (Wildman–Crippen MR) is 75.5 cm³/mol. The Balaban J connectivity index is 1.93. The third-order valence-electron chi connectivity index (χ3n) is 4.19. The molecule has 5 nitrogen and oxygen atoms in total. The first-order valence-electron chi connectivity index (χ1n) is 7.60. The van der Waals surface area contributed by atoms with E-state index in [1.807, 2.05) is 0 Å². The Morgan fingerprint density at radius 2 is 2.25 bits per heavy atom. The Morgan fingerprint density at radius 1 is 1.45 bits per heavy atom. The molecule has 0 aromatic rings. The molecule has 0 saturated carbocycles. The van der Waals surface area contributed by atoms with Crippen molar-refractivity contribution in [1.82, 2.24) is 5.32 Å². The molecule has 0 bridgehead atoms. The van der Waals surface area contributed by atoms with Crippen molar-refractivity contribution in [3.8, 4) is 0 Å². The van der Waals surface area contributed by atoms with Crippen LogP contribution in [0.1, 0.15) is 39.5 Å². The number of rotatable bonds is 5. The second-order valence-corrected chi connectivity index (χ2v) is 6.40. The van der Waals surface area contributed by atoms with Gasteiger partial charge in [0.15, 0.2) is 0 Å². The molecule has 0 aliphatic carbocycles. The molecule has 2 saturated heterocycles. The minimum absolute atomic E-state index is 0.131. The molecule has 1 N–H and O–H groups in total. The van der Waals surface area contributed by atoms with Gasteiger partial charge in [0.05, 0.1) is 19.3 Å². The maximum atomic E-state index is 11.9. The third kappa shape index (κ3) is 3.93. The van der Waals surface area contributed by atoms with Crippen molar-refractivity contribution in [2.45, 2.75) is 57.2 Å². The first-order chi connectivity index (χ1) is 9.54. The van der Waals surface area contributed by atoms with E-state index in [1.165, 1.54) is 7.11 Å². The Labute approximate surface area is 121 Å². The standard InChI is InChI=1S/C15H27NO4/c1-11(2)8-13(14(17)18-3)16-12-4-6-20-15(9-12)5-7-19-10-15/h11-13,16H,4-10H2,1-3H3. The molecule has 20 heavy (non-hydrogen) atoms. The second kappa shape index (κ2) is 6.87. The molecule has 116 valence electrons. The van der Waals surface area contributed by atoms with Crippen LogP contribution in [-0.4, -0.2) is 50.6 Å². The minimum Gasteiger partial charge on any atom is -0.468 e. The molecule has 0 aromatic heterocycles. The highest BCUT2D eigenvalue weighted by Crippen LogP contribution is 2.33. The number of esters is 1. The van der Waals surface area contributed by atoms with Gasteiger partial charge in [-0.3, -0.25) is 4.79 Å². The van der Waals surface area contributed by atoms with E-state index in [1.54, 1.807) is 0 Å². The first kappa shape index (κ1) is 15.7. The molecular weight excluding hydrogens is 258 g/mol. The van der Waals surface area contributed by atoms with Gasteiger partial charge in [-0.1, -0.05) is 13.8 Å². The number of ether oxygens (including phenoxy) is 3. The van der Waals surface area contributed by atoms with Crippen molar-refractivity contribution in [1.29, 1.82) is 0 Å². The number of hydrogen-bond donors (Lipinski definition) is 1. The largest absolute Gasteiger partial charge is 0.468 e. The van der Waals surface area contributed by atoms with Crippen molar-refractivity contribution in [3.05, 3.63) is 0 Å². The summed E-state index contributed by atoms with van der Waals surface area (Å²) in [6.07, 6.45) is 3.61. The summed E-state index contributed by atoms with van der Waals surface area (Å²) in [6.45, 7) is 6.43. The molecule has 3 unspecified atom stereocenters. The number of methoxy groups -OCH3 is 1. The van der Waals surface area contributed by atoms with Crippen LogP contribution < -0.4 is 5.32 Å². The summed E-state index contributed by atoms with van der Waals surface area (Å²) < 4.78 is 16.3. The predicted octanol–water partition coefficient (Wildman–Crippen LogP) is 1.50. The lowest BCUT2D eigenvalue weighted by Crippen LogP contribution is -2.52. The van der Waals surface area contributed by atoms with Crippen LogP contribution in [0.25, 0.3) is 0 Å². The van der Waals surface area contributed by atoms with Gasteiger partial charge in [-0.05, 0) is 25.2 Å². The van der Waals surface area contributed by atoms with E-state index in [9.17, 15) is 4.79 Å². The van der Waals surface area contributed by atoms with E-state index in [0.29, 0.717) is 18.6 Å². The van der Waals surface area contributed by atoms with Gasteiger partial charge >= 0.3 is 5.97 Å². The summed E-state index contributed by atoms with van der Waals surface area (Å²) in [4.78, 5) is 11.9. The summed E-state index contributed by atoms with van der Waals surface area (Å²) in [5.74, 6) is 0.289. The zero-order valence-electron chi connectivity index (χ0n) is 12.8. The summed E-state index contributed by atoms with van der Waals surface area (Å²) in [5, 5.41) is 3.48. The fourth-order valence-electron chi connectivity index (χ4n) is 3.16. The highest BCUT2D eigenvalue weighted by Gasteiger charge is 2.41. The smallest absolute Gasteiger partial charge is 0.322 e. The maximum absolute atomic E-state index is 11.9. The number of nitrogens with one attached hydrogen (secondary N) is 1. The van der Waals surface area contributed by atoms with Crippen molar-refractivity contribution in [3.63, 3.8) is 0 Å². The minimum atomic E-state index is -0.220. The molecular formula is C15H27NO4. The van der Waals surface area contributed by atoms with Gasteiger partial charge < -0.3 is 19.5 Å². The van der Waals surface area contributed by atoms with Crippen molar-refractivity contribution in [2.24, 2.45) is 5.92 Å². The fourth-order valence-corrected chi connectivity index (χ4v) is 3.16. The molecule has 2 heterocycles. The van der Waals surface area contributed by atoms with Gasteiger partial charge in [-0.15, -0.1) is 0 Å². The fraction of sp³-hybridized carbons (Fsp3) is 0.933. The highest BCUT2D eigenvalue weighted by molar-refractivity contribution is 5.75. The van der Waals surface area contributed by atoms with Gasteiger partial charge in [0.1, 0.15) is 6.04 Å². The SMILES string of the molecule is COC(=O)C(CC(C)C)NC1CCOC2(CCOC2)C1. The monoisotopic (exact) mass is 285 g/mol. The van der Waals surface area contributed by atoms with Gasteiger partial charge in [0.25, 0.3) is 0 Å². The first-order valence-corrected chi connectivity index (χ1v) is 7.60. The van der Waals surface area contributed by atoms with Crippen LogP contribution in [0.4, 0.5) is 0 Å². The van der Waals surface area contributed by atoms with Crippen LogP contribution >= 0.6 is 0 Å². The molecule has 0 aromatic carbocycles. The zero-order valence-corrected chi connectivity index (χ0v) is 12.8. The number of carbonyl (C=O) groups is 1. The van der Waals surface area contributed by atoms with E-state index >= 15 is 0 Å². The van der Waals surface area contributed by atoms with Crippen LogP contribution in [0.15, 0.2) is 0 Å². The summed E-state index contributed by atoms with van der Waals surface area (Å²) in [7, 11) is 1.45. The molecule has 3 atom stereocenters. The topological polar surface area (TPSA) is 56.8 Å². The summed E-state index contributed by atoms with van der Waals surface area (Å²) in [6, 6.07) is 0.0794. The Kier molecular flexibility index (Phi) is 5.41. The highest BCUT2D eigenvalue weighted by atomic mass is 16.6. The average Bonchev–Trinajstić information content (AvgIpc) is 2.84. The summed E-state index contributed by atoms with van der Waals surface area (Å²) >= 11 is 0. The van der Waals surface area contributed by atoms with E-state index in [2.05, 4.69) is 19.2 Å². The van der Waals surface area contributed by atoms with Gasteiger partial charge in [0, 0.05) is 25.7 Å². The van der Waals surface area contributed by atoms with Crippen LogP contribution in [0.2, 0.25) is 0 Å². The van der Waals surface area contributed by atoms with E-state index < -0.39 is 0 Å². The Bertz CT molecular complexity index is 326. The normalized spacial score (nSPS) is 31.7. The van der Waals surface area contributed by atoms with E-state index in [0.717, 1.165) is 38.9 Å². The Hall–Kier alpha value is -0.650. The van der Waals surface area contributed by atoms with Crippen molar-refractivity contribution >= 4 is 5.97 Å². The molecule has 2 aliphatic rings.